The van der Waals surface area contributed by atoms with Crippen molar-refractivity contribution in [2.75, 3.05) is 0 Å². The Hall–Kier alpha value is -2.36. The van der Waals surface area contributed by atoms with E-state index in [0.29, 0.717) is 5.69 Å². The third kappa shape index (κ3) is 1.86. The van der Waals surface area contributed by atoms with Gasteiger partial charge in [-0.1, -0.05) is 30.3 Å². The van der Waals surface area contributed by atoms with Crippen LogP contribution in [0.2, 0.25) is 0 Å². The van der Waals surface area contributed by atoms with E-state index in [9.17, 15) is 9.90 Å². The lowest BCUT2D eigenvalue weighted by Gasteiger charge is -2.04. The van der Waals surface area contributed by atoms with Gasteiger partial charge in [0.05, 0.1) is 5.56 Å². The van der Waals surface area contributed by atoms with Crippen molar-refractivity contribution < 1.29 is 15.0 Å². The van der Waals surface area contributed by atoms with Crippen LogP contribution in [0.15, 0.2) is 42.6 Å². The Balaban J connectivity index is 2.48. The molecular formula is C12H9NO3. The molecule has 0 saturated carbocycles. The van der Waals surface area contributed by atoms with Crippen molar-refractivity contribution in [2.45, 2.75) is 0 Å². The molecule has 0 aliphatic heterocycles. The monoisotopic (exact) mass is 215 g/mol. The Kier molecular flexibility index (Phi) is 2.55. The fraction of sp³-hybridized carbons (Fsp3) is 0. The Morgan fingerprint density at radius 3 is 2.44 bits per heavy atom. The largest absolute Gasteiger partial charge is 0.506 e. The van der Waals surface area contributed by atoms with Gasteiger partial charge in [-0.05, 0) is 6.07 Å². The lowest BCUT2D eigenvalue weighted by atomic mass is 10.1. The molecule has 16 heavy (non-hydrogen) atoms. The van der Waals surface area contributed by atoms with Gasteiger partial charge in [-0.2, -0.15) is 0 Å². The summed E-state index contributed by atoms with van der Waals surface area (Å²) in [6, 6.07) is 10.3. The molecule has 0 fully saturated rings. The molecule has 80 valence electrons. The van der Waals surface area contributed by atoms with Crippen molar-refractivity contribution in [2.24, 2.45) is 0 Å². The van der Waals surface area contributed by atoms with Gasteiger partial charge in [0.1, 0.15) is 11.4 Å². The smallest absolute Gasteiger partial charge is 0.337 e. The third-order valence-electron chi connectivity index (χ3n) is 2.16. The molecular weight excluding hydrogens is 206 g/mol. The molecule has 2 N–H and O–H groups in total. The van der Waals surface area contributed by atoms with Gasteiger partial charge in [0.25, 0.3) is 0 Å². The highest BCUT2D eigenvalue weighted by Crippen LogP contribution is 2.26. The minimum absolute atomic E-state index is 0.0304. The van der Waals surface area contributed by atoms with Crippen molar-refractivity contribution in [3.05, 3.63) is 48.2 Å². The highest BCUT2D eigenvalue weighted by molar-refractivity contribution is 5.88. The molecule has 0 unspecified atom stereocenters. The van der Waals surface area contributed by atoms with Crippen LogP contribution in [0.1, 0.15) is 10.4 Å². The number of hydrogen-bond acceptors (Lipinski definition) is 3. The molecule has 0 aliphatic carbocycles. The second-order valence-electron chi connectivity index (χ2n) is 3.26. The zero-order valence-electron chi connectivity index (χ0n) is 8.29. The van der Waals surface area contributed by atoms with Crippen LogP contribution in [-0.4, -0.2) is 21.2 Å². The van der Waals surface area contributed by atoms with Crippen LogP contribution >= 0.6 is 0 Å². The van der Waals surface area contributed by atoms with Gasteiger partial charge in [-0.3, -0.25) is 4.98 Å². The van der Waals surface area contributed by atoms with E-state index in [1.165, 1.54) is 12.3 Å². The average molecular weight is 215 g/mol. The minimum atomic E-state index is -1.11. The topological polar surface area (TPSA) is 70.4 Å². The Labute approximate surface area is 91.8 Å². The number of pyridine rings is 1. The Morgan fingerprint density at radius 1 is 1.19 bits per heavy atom. The second-order valence-corrected chi connectivity index (χ2v) is 3.26. The number of aromatic hydroxyl groups is 1. The van der Waals surface area contributed by atoms with E-state index in [0.717, 1.165) is 5.56 Å². The lowest BCUT2D eigenvalue weighted by molar-refractivity contribution is 0.0696. The van der Waals surface area contributed by atoms with Gasteiger partial charge in [0, 0.05) is 11.8 Å². The molecule has 1 aromatic heterocycles. The van der Waals surface area contributed by atoms with Crippen molar-refractivity contribution in [1.82, 2.24) is 4.98 Å². The Bertz CT molecular complexity index is 523. The van der Waals surface area contributed by atoms with Gasteiger partial charge >= 0.3 is 5.97 Å². The molecule has 2 rings (SSSR count). The number of carbonyl (C=O) groups is 1. The summed E-state index contributed by atoms with van der Waals surface area (Å²) in [7, 11) is 0. The number of rotatable bonds is 2. The molecule has 0 amide bonds. The number of nitrogens with zero attached hydrogens (tertiary/aromatic N) is 1. The number of carboxylic acid groups (broad SMARTS) is 1. The number of benzene rings is 1. The van der Waals surface area contributed by atoms with Gasteiger partial charge in [0.2, 0.25) is 0 Å². The normalized spacial score (nSPS) is 10.0. The van der Waals surface area contributed by atoms with E-state index in [2.05, 4.69) is 4.98 Å². The van der Waals surface area contributed by atoms with Crippen LogP contribution in [0.5, 0.6) is 5.75 Å². The van der Waals surface area contributed by atoms with Crippen molar-refractivity contribution >= 4 is 5.97 Å². The standard InChI is InChI=1S/C12H9NO3/c14-10-6-9(12(15)16)7-13-11(10)8-4-2-1-3-5-8/h1-7,14H,(H,15,16). The summed E-state index contributed by atoms with van der Waals surface area (Å²) in [5.41, 5.74) is 1.10. The SMILES string of the molecule is O=C(O)c1cnc(-c2ccccc2)c(O)c1. The van der Waals surface area contributed by atoms with E-state index in [-0.39, 0.29) is 11.3 Å². The van der Waals surface area contributed by atoms with Crippen LogP contribution < -0.4 is 0 Å². The molecule has 1 aromatic carbocycles. The molecule has 0 saturated heterocycles. The highest BCUT2D eigenvalue weighted by Gasteiger charge is 2.10. The maximum atomic E-state index is 10.6. The molecule has 0 bridgehead atoms. The van der Waals surface area contributed by atoms with Crippen LogP contribution in [0.25, 0.3) is 11.3 Å². The summed E-state index contributed by atoms with van der Waals surface area (Å²) in [6.07, 6.45) is 1.23. The van der Waals surface area contributed by atoms with Gasteiger partial charge < -0.3 is 10.2 Å². The van der Waals surface area contributed by atoms with Crippen LogP contribution in [0.4, 0.5) is 0 Å². The zero-order chi connectivity index (χ0) is 11.5. The summed E-state index contributed by atoms with van der Waals surface area (Å²) in [6.45, 7) is 0. The van der Waals surface area contributed by atoms with E-state index in [1.807, 2.05) is 18.2 Å². The molecule has 0 atom stereocenters. The third-order valence-corrected chi connectivity index (χ3v) is 2.16. The number of aromatic nitrogens is 1. The van der Waals surface area contributed by atoms with Gasteiger partial charge in [-0.25, -0.2) is 4.79 Å². The first-order valence-corrected chi connectivity index (χ1v) is 4.66. The second kappa shape index (κ2) is 4.02. The molecule has 0 aliphatic rings. The number of carboxylic acids is 1. The number of aromatic carboxylic acids is 1. The van der Waals surface area contributed by atoms with Crippen molar-refractivity contribution in [3.8, 4) is 17.0 Å². The molecule has 4 heteroatoms. The lowest BCUT2D eigenvalue weighted by Crippen LogP contribution is -1.97. The van der Waals surface area contributed by atoms with Gasteiger partial charge in [-0.15, -0.1) is 0 Å². The Morgan fingerprint density at radius 2 is 1.88 bits per heavy atom. The molecule has 4 nitrogen and oxygen atoms in total. The summed E-state index contributed by atoms with van der Waals surface area (Å²) in [5.74, 6) is -1.24. The van der Waals surface area contributed by atoms with E-state index in [4.69, 9.17) is 5.11 Å². The predicted octanol–water partition coefficient (Wildman–Crippen LogP) is 2.15. The van der Waals surface area contributed by atoms with Crippen molar-refractivity contribution in [3.63, 3.8) is 0 Å². The fourth-order valence-electron chi connectivity index (χ4n) is 1.39. The van der Waals surface area contributed by atoms with Gasteiger partial charge in [0.15, 0.2) is 0 Å². The van der Waals surface area contributed by atoms with Crippen molar-refractivity contribution in [1.29, 1.82) is 0 Å². The zero-order valence-corrected chi connectivity index (χ0v) is 8.29. The quantitative estimate of drug-likeness (QED) is 0.805. The summed E-state index contributed by atoms with van der Waals surface area (Å²) >= 11 is 0. The minimum Gasteiger partial charge on any atom is -0.506 e. The van der Waals surface area contributed by atoms with Crippen LogP contribution in [0.3, 0.4) is 0 Å². The fourth-order valence-corrected chi connectivity index (χ4v) is 1.39. The van der Waals surface area contributed by atoms with E-state index >= 15 is 0 Å². The summed E-state index contributed by atoms with van der Waals surface area (Å²) < 4.78 is 0. The molecule has 2 aromatic rings. The molecule has 1 heterocycles. The maximum absolute atomic E-state index is 10.6. The van der Waals surface area contributed by atoms with Crippen LogP contribution in [-0.2, 0) is 0 Å². The first-order chi connectivity index (χ1) is 7.68. The highest BCUT2D eigenvalue weighted by atomic mass is 16.4. The number of hydrogen-bond donors (Lipinski definition) is 2. The molecule has 0 radical (unpaired) electrons. The summed E-state index contributed by atoms with van der Waals surface area (Å²) in [4.78, 5) is 14.6. The van der Waals surface area contributed by atoms with Crippen LogP contribution in [0, 0.1) is 0 Å². The predicted molar refractivity (Wildman–Crippen MR) is 58.3 cm³/mol. The average Bonchev–Trinajstić information content (AvgIpc) is 2.30. The first kappa shape index (κ1) is 10.2. The molecule has 0 spiro atoms. The maximum Gasteiger partial charge on any atom is 0.337 e. The first-order valence-electron chi connectivity index (χ1n) is 4.66. The summed E-state index contributed by atoms with van der Waals surface area (Å²) in [5, 5.41) is 18.4. The van der Waals surface area contributed by atoms with E-state index < -0.39 is 5.97 Å². The van der Waals surface area contributed by atoms with E-state index in [1.54, 1.807) is 12.1 Å².